The summed E-state index contributed by atoms with van der Waals surface area (Å²) in [5, 5.41) is 3.39. The number of ether oxygens (including phenoxy) is 2. The quantitative estimate of drug-likeness (QED) is 0.747. The maximum absolute atomic E-state index is 11.8. The number of carbonyl (C=O) groups excluding carboxylic acids is 1. The molecule has 1 aromatic carbocycles. The second-order valence-electron chi connectivity index (χ2n) is 6.68. The zero-order chi connectivity index (χ0) is 17.3. The topological polar surface area (TPSA) is 50.8 Å². The lowest BCUT2D eigenvalue weighted by atomic mass is 10.1. The number of amides is 1. The van der Waals surface area contributed by atoms with Crippen LogP contribution in [-0.2, 0) is 22.6 Å². The molecule has 5 heteroatoms. The van der Waals surface area contributed by atoms with Gasteiger partial charge in [0.1, 0.15) is 5.60 Å². The third-order valence-corrected chi connectivity index (χ3v) is 3.22. The van der Waals surface area contributed by atoms with Gasteiger partial charge in [0.15, 0.2) is 0 Å². The summed E-state index contributed by atoms with van der Waals surface area (Å²) in [5.41, 5.74) is 1.97. The molecular weight excluding hydrogens is 292 g/mol. The van der Waals surface area contributed by atoms with Crippen LogP contribution in [0.15, 0.2) is 24.3 Å². The van der Waals surface area contributed by atoms with Crippen molar-refractivity contribution in [1.29, 1.82) is 0 Å². The van der Waals surface area contributed by atoms with Crippen LogP contribution in [0, 0.1) is 0 Å². The average Bonchev–Trinajstić information content (AvgIpc) is 2.47. The van der Waals surface area contributed by atoms with Gasteiger partial charge in [0.05, 0.1) is 6.61 Å². The molecule has 0 spiro atoms. The fourth-order valence-corrected chi connectivity index (χ4v) is 2.03. The average molecular weight is 322 g/mol. The normalized spacial score (nSPS) is 11.3. The Kier molecular flexibility index (Phi) is 8.06. The van der Waals surface area contributed by atoms with Crippen LogP contribution in [0.5, 0.6) is 0 Å². The minimum Gasteiger partial charge on any atom is -0.444 e. The van der Waals surface area contributed by atoms with Gasteiger partial charge in [-0.1, -0.05) is 24.3 Å². The van der Waals surface area contributed by atoms with Crippen molar-refractivity contribution in [2.45, 2.75) is 45.9 Å². The summed E-state index contributed by atoms with van der Waals surface area (Å²) in [5.74, 6) is 0. The maximum atomic E-state index is 11.8. The van der Waals surface area contributed by atoms with Crippen molar-refractivity contribution in [1.82, 2.24) is 10.2 Å². The predicted octanol–water partition coefficient (Wildman–Crippen LogP) is 3.18. The van der Waals surface area contributed by atoms with Crippen LogP contribution in [0.25, 0.3) is 0 Å². The molecule has 0 heterocycles. The highest BCUT2D eigenvalue weighted by Crippen LogP contribution is 2.09. The van der Waals surface area contributed by atoms with Gasteiger partial charge in [0.25, 0.3) is 0 Å². The van der Waals surface area contributed by atoms with Gasteiger partial charge in [-0.2, -0.15) is 0 Å². The van der Waals surface area contributed by atoms with Crippen molar-refractivity contribution < 1.29 is 14.3 Å². The smallest absolute Gasteiger partial charge is 0.410 e. The molecule has 0 atom stereocenters. The van der Waals surface area contributed by atoms with Crippen LogP contribution < -0.4 is 5.32 Å². The highest BCUT2D eigenvalue weighted by atomic mass is 16.6. The molecule has 0 bridgehead atoms. The van der Waals surface area contributed by atoms with Gasteiger partial charge in [0.2, 0.25) is 0 Å². The van der Waals surface area contributed by atoms with Gasteiger partial charge < -0.3 is 19.7 Å². The lowest BCUT2D eigenvalue weighted by Crippen LogP contribution is -2.35. The first kappa shape index (κ1) is 19.5. The first-order valence-corrected chi connectivity index (χ1v) is 8.03. The summed E-state index contributed by atoms with van der Waals surface area (Å²) in [6, 6.07) is 8.37. The molecule has 0 aliphatic carbocycles. The second kappa shape index (κ2) is 9.53. The summed E-state index contributed by atoms with van der Waals surface area (Å²) in [6.45, 7) is 8.62. The molecule has 0 saturated heterocycles. The van der Waals surface area contributed by atoms with Gasteiger partial charge in [-0.05, 0) is 44.9 Å². The SMILES string of the molecule is COCc1ccc(CNCCCN(C)C(=O)OC(C)(C)C)cc1. The van der Waals surface area contributed by atoms with Crippen molar-refractivity contribution in [3.8, 4) is 0 Å². The van der Waals surface area contributed by atoms with Gasteiger partial charge in [-0.25, -0.2) is 4.79 Å². The van der Waals surface area contributed by atoms with E-state index in [2.05, 4.69) is 29.6 Å². The third-order valence-electron chi connectivity index (χ3n) is 3.22. The minimum absolute atomic E-state index is 0.272. The fourth-order valence-electron chi connectivity index (χ4n) is 2.03. The Bertz CT molecular complexity index is 466. The van der Waals surface area contributed by atoms with E-state index in [1.165, 1.54) is 11.1 Å². The highest BCUT2D eigenvalue weighted by molar-refractivity contribution is 5.67. The van der Waals surface area contributed by atoms with Crippen molar-refractivity contribution in [2.24, 2.45) is 0 Å². The molecule has 0 saturated carbocycles. The van der Waals surface area contributed by atoms with Crippen LogP contribution in [0.1, 0.15) is 38.3 Å². The van der Waals surface area contributed by atoms with Crippen molar-refractivity contribution in [2.75, 3.05) is 27.2 Å². The zero-order valence-corrected chi connectivity index (χ0v) is 15.0. The number of carbonyl (C=O) groups is 1. The molecule has 0 fully saturated rings. The molecule has 1 aromatic rings. The van der Waals surface area contributed by atoms with Crippen LogP contribution in [-0.4, -0.2) is 43.8 Å². The molecule has 1 amide bonds. The summed E-state index contributed by atoms with van der Waals surface area (Å²) in [6.07, 6.45) is 0.614. The van der Waals surface area contributed by atoms with E-state index in [9.17, 15) is 4.79 Å². The summed E-state index contributed by atoms with van der Waals surface area (Å²) < 4.78 is 10.4. The van der Waals surface area contributed by atoms with Crippen LogP contribution in [0.3, 0.4) is 0 Å². The van der Waals surface area contributed by atoms with Gasteiger partial charge in [-0.15, -0.1) is 0 Å². The number of nitrogens with zero attached hydrogens (tertiary/aromatic N) is 1. The Morgan fingerprint density at radius 1 is 1.17 bits per heavy atom. The number of methoxy groups -OCH3 is 1. The molecular formula is C18H30N2O3. The van der Waals surface area contributed by atoms with Gasteiger partial charge >= 0.3 is 6.09 Å². The van der Waals surface area contributed by atoms with E-state index in [4.69, 9.17) is 9.47 Å². The Morgan fingerprint density at radius 3 is 2.35 bits per heavy atom. The van der Waals surface area contributed by atoms with Crippen molar-refractivity contribution in [3.05, 3.63) is 35.4 Å². The van der Waals surface area contributed by atoms with E-state index in [0.717, 1.165) is 19.5 Å². The number of rotatable bonds is 8. The second-order valence-corrected chi connectivity index (χ2v) is 6.68. The zero-order valence-electron chi connectivity index (χ0n) is 15.0. The molecule has 1 rings (SSSR count). The standard InChI is InChI=1S/C18H30N2O3/c1-18(2,3)23-17(21)20(4)12-6-11-19-13-15-7-9-16(10-8-15)14-22-5/h7-10,19H,6,11-14H2,1-5H3. The van der Waals surface area contributed by atoms with Gasteiger partial charge in [-0.3, -0.25) is 0 Å². The van der Waals surface area contributed by atoms with Crippen LogP contribution in [0.2, 0.25) is 0 Å². The molecule has 5 nitrogen and oxygen atoms in total. The van der Waals surface area contributed by atoms with E-state index in [-0.39, 0.29) is 6.09 Å². The largest absolute Gasteiger partial charge is 0.444 e. The first-order valence-electron chi connectivity index (χ1n) is 8.03. The van der Waals surface area contributed by atoms with Crippen LogP contribution in [0.4, 0.5) is 4.79 Å². The molecule has 0 aliphatic heterocycles. The lowest BCUT2D eigenvalue weighted by molar-refractivity contribution is 0.0297. The summed E-state index contributed by atoms with van der Waals surface area (Å²) >= 11 is 0. The molecule has 130 valence electrons. The third kappa shape index (κ3) is 8.57. The summed E-state index contributed by atoms with van der Waals surface area (Å²) in [4.78, 5) is 13.4. The molecule has 1 N–H and O–H groups in total. The minimum atomic E-state index is -0.446. The maximum Gasteiger partial charge on any atom is 0.410 e. The molecule has 0 aliphatic rings. The first-order chi connectivity index (χ1) is 10.8. The molecule has 0 unspecified atom stereocenters. The van der Waals surface area contributed by atoms with Crippen molar-refractivity contribution in [3.63, 3.8) is 0 Å². The van der Waals surface area contributed by atoms with E-state index < -0.39 is 5.60 Å². The van der Waals surface area contributed by atoms with E-state index in [1.54, 1.807) is 19.1 Å². The predicted molar refractivity (Wildman–Crippen MR) is 92.3 cm³/mol. The summed E-state index contributed by atoms with van der Waals surface area (Å²) in [7, 11) is 3.46. The number of hydrogen-bond acceptors (Lipinski definition) is 4. The molecule has 0 aromatic heterocycles. The fraction of sp³-hybridized carbons (Fsp3) is 0.611. The van der Waals surface area contributed by atoms with E-state index in [0.29, 0.717) is 13.2 Å². The Hall–Kier alpha value is -1.59. The Morgan fingerprint density at radius 2 is 1.78 bits per heavy atom. The lowest BCUT2D eigenvalue weighted by Gasteiger charge is -2.24. The Balaban J connectivity index is 2.18. The highest BCUT2D eigenvalue weighted by Gasteiger charge is 2.18. The van der Waals surface area contributed by atoms with E-state index >= 15 is 0 Å². The van der Waals surface area contributed by atoms with Crippen molar-refractivity contribution >= 4 is 6.09 Å². The monoisotopic (exact) mass is 322 g/mol. The van der Waals surface area contributed by atoms with Crippen LogP contribution >= 0.6 is 0 Å². The van der Waals surface area contributed by atoms with E-state index in [1.807, 2.05) is 20.8 Å². The Labute approximate surface area is 140 Å². The molecule has 23 heavy (non-hydrogen) atoms. The number of hydrogen-bond donors (Lipinski definition) is 1. The molecule has 0 radical (unpaired) electrons. The number of benzene rings is 1. The number of nitrogens with one attached hydrogen (secondary N) is 1. The van der Waals surface area contributed by atoms with Gasteiger partial charge in [0, 0.05) is 27.2 Å².